The summed E-state index contributed by atoms with van der Waals surface area (Å²) >= 11 is 1.76. The maximum atomic E-state index is 12.2. The second kappa shape index (κ2) is 8.10. The maximum absolute atomic E-state index is 12.2. The van der Waals surface area contributed by atoms with Crippen LogP contribution < -0.4 is 5.32 Å². The summed E-state index contributed by atoms with van der Waals surface area (Å²) in [5.74, 6) is 0.874. The summed E-state index contributed by atoms with van der Waals surface area (Å²) in [7, 11) is 0. The SMILES string of the molecule is Cc1ccc(-c2cccc3[nH]c(-c4n[nH]c5cnc(-c6cncc(NC(=O)C7CC7)c6)cc45)nc23)s1. The first kappa shape index (κ1) is 21.0. The van der Waals surface area contributed by atoms with Crippen LogP contribution in [0.25, 0.3) is 55.2 Å². The Balaban J connectivity index is 1.28. The summed E-state index contributed by atoms with van der Waals surface area (Å²) in [5.41, 5.74) is 6.76. The highest BCUT2D eigenvalue weighted by atomic mass is 32.1. The number of aromatic nitrogens is 6. The van der Waals surface area contributed by atoms with Gasteiger partial charge in [-0.2, -0.15) is 5.10 Å². The molecule has 3 N–H and O–H groups in total. The van der Waals surface area contributed by atoms with Crippen molar-refractivity contribution in [2.24, 2.45) is 5.92 Å². The molecule has 8 nitrogen and oxygen atoms in total. The summed E-state index contributed by atoms with van der Waals surface area (Å²) < 4.78 is 0. The van der Waals surface area contributed by atoms with Crippen molar-refractivity contribution in [3.8, 4) is 33.2 Å². The van der Waals surface area contributed by atoms with Crippen molar-refractivity contribution < 1.29 is 4.79 Å². The second-order valence-corrected chi connectivity index (χ2v) is 10.4. The number of pyridine rings is 2. The number of aryl methyl sites for hydroxylation is 1. The minimum Gasteiger partial charge on any atom is -0.337 e. The van der Waals surface area contributed by atoms with Crippen LogP contribution in [0.2, 0.25) is 0 Å². The molecule has 0 bridgehead atoms. The number of carbonyl (C=O) groups is 1. The van der Waals surface area contributed by atoms with E-state index in [1.807, 2.05) is 24.3 Å². The molecule has 176 valence electrons. The molecule has 36 heavy (non-hydrogen) atoms. The number of nitrogens with one attached hydrogen (secondary N) is 3. The van der Waals surface area contributed by atoms with E-state index in [1.54, 1.807) is 29.9 Å². The van der Waals surface area contributed by atoms with E-state index in [4.69, 9.17) is 4.98 Å². The van der Waals surface area contributed by atoms with E-state index >= 15 is 0 Å². The third kappa shape index (κ3) is 3.64. The molecular weight excluding hydrogens is 470 g/mol. The average molecular weight is 492 g/mol. The lowest BCUT2D eigenvalue weighted by atomic mass is 10.1. The first-order chi connectivity index (χ1) is 17.6. The van der Waals surface area contributed by atoms with Gasteiger partial charge in [0, 0.05) is 38.4 Å². The normalized spacial score (nSPS) is 13.5. The van der Waals surface area contributed by atoms with Gasteiger partial charge >= 0.3 is 0 Å². The van der Waals surface area contributed by atoms with E-state index < -0.39 is 0 Å². The fourth-order valence-electron chi connectivity index (χ4n) is 4.42. The summed E-state index contributed by atoms with van der Waals surface area (Å²) in [4.78, 5) is 31.9. The monoisotopic (exact) mass is 491 g/mol. The highest BCUT2D eigenvalue weighted by molar-refractivity contribution is 7.15. The quantitative estimate of drug-likeness (QED) is 0.276. The number of fused-ring (bicyclic) bond motifs is 2. The van der Waals surface area contributed by atoms with Gasteiger partial charge < -0.3 is 10.3 Å². The predicted molar refractivity (Wildman–Crippen MR) is 142 cm³/mol. The molecule has 7 rings (SSSR count). The van der Waals surface area contributed by atoms with Gasteiger partial charge in [0.2, 0.25) is 5.91 Å². The van der Waals surface area contributed by atoms with Gasteiger partial charge in [0.05, 0.1) is 40.3 Å². The van der Waals surface area contributed by atoms with Crippen LogP contribution in [0, 0.1) is 12.8 Å². The number of amides is 1. The van der Waals surface area contributed by atoms with E-state index in [1.165, 1.54) is 9.75 Å². The molecule has 0 aliphatic heterocycles. The Kier molecular flexibility index (Phi) is 4.71. The maximum Gasteiger partial charge on any atom is 0.227 e. The number of thiophene rings is 1. The Hall–Kier alpha value is -4.37. The van der Waals surface area contributed by atoms with Crippen LogP contribution in [0.1, 0.15) is 17.7 Å². The number of anilines is 1. The molecule has 0 radical (unpaired) electrons. The molecule has 6 aromatic rings. The van der Waals surface area contributed by atoms with Crippen LogP contribution in [-0.4, -0.2) is 36.0 Å². The summed E-state index contributed by atoms with van der Waals surface area (Å²) in [6, 6.07) is 14.3. The Labute approximate surface area is 209 Å². The zero-order chi connectivity index (χ0) is 24.2. The average Bonchev–Trinajstić information content (AvgIpc) is 3.30. The first-order valence-electron chi connectivity index (χ1n) is 11.8. The van der Waals surface area contributed by atoms with Gasteiger partial charge in [0.1, 0.15) is 5.69 Å². The lowest BCUT2D eigenvalue weighted by molar-refractivity contribution is -0.117. The topological polar surface area (TPSA) is 112 Å². The zero-order valence-corrected chi connectivity index (χ0v) is 20.2. The standard InChI is InChI=1S/C27H21N7OS/c1-14-5-8-23(36-14)18-3-2-4-20-24(18)32-26(31-20)25-19-10-21(29-13-22(19)33-34-25)16-9-17(12-28-11-16)30-27(35)15-6-7-15/h2-5,8-13,15H,6-7H2,1H3,(H,30,35)(H,31,32)(H,33,34). The van der Waals surface area contributed by atoms with Crippen molar-refractivity contribution in [2.75, 3.05) is 5.32 Å². The molecule has 0 saturated heterocycles. The zero-order valence-electron chi connectivity index (χ0n) is 19.4. The van der Waals surface area contributed by atoms with Crippen molar-refractivity contribution in [1.82, 2.24) is 30.1 Å². The molecule has 1 aliphatic carbocycles. The van der Waals surface area contributed by atoms with E-state index in [9.17, 15) is 4.79 Å². The molecule has 0 atom stereocenters. The van der Waals surface area contributed by atoms with Crippen LogP contribution in [0.15, 0.2) is 61.1 Å². The van der Waals surface area contributed by atoms with Gasteiger partial charge in [-0.1, -0.05) is 12.1 Å². The molecule has 1 amide bonds. The number of hydrogen-bond acceptors (Lipinski definition) is 6. The first-order valence-corrected chi connectivity index (χ1v) is 12.6. The summed E-state index contributed by atoms with van der Waals surface area (Å²) in [5, 5.41) is 11.5. The third-order valence-corrected chi connectivity index (χ3v) is 7.47. The molecule has 5 aromatic heterocycles. The van der Waals surface area contributed by atoms with Crippen LogP contribution in [-0.2, 0) is 4.79 Å². The van der Waals surface area contributed by atoms with Crippen LogP contribution in [0.5, 0.6) is 0 Å². The van der Waals surface area contributed by atoms with Gasteiger partial charge in [-0.05, 0) is 50.1 Å². The Morgan fingerprint density at radius 1 is 1.08 bits per heavy atom. The van der Waals surface area contributed by atoms with Crippen LogP contribution in [0.4, 0.5) is 5.69 Å². The van der Waals surface area contributed by atoms with Gasteiger partial charge in [-0.15, -0.1) is 11.3 Å². The molecule has 1 aliphatic rings. The number of para-hydroxylation sites is 1. The number of nitrogens with zero attached hydrogens (tertiary/aromatic N) is 4. The Morgan fingerprint density at radius 2 is 2.00 bits per heavy atom. The minimum atomic E-state index is 0.0523. The molecular formula is C27H21N7OS. The summed E-state index contributed by atoms with van der Waals surface area (Å²) in [6.45, 7) is 2.11. The number of carbonyl (C=O) groups excluding carboxylic acids is 1. The van der Waals surface area contributed by atoms with E-state index in [2.05, 4.69) is 55.6 Å². The summed E-state index contributed by atoms with van der Waals surface area (Å²) in [6.07, 6.45) is 7.08. The third-order valence-electron chi connectivity index (χ3n) is 6.44. The van der Waals surface area contributed by atoms with Crippen molar-refractivity contribution in [1.29, 1.82) is 0 Å². The van der Waals surface area contributed by atoms with Crippen molar-refractivity contribution >= 4 is 44.9 Å². The molecule has 0 unspecified atom stereocenters. The minimum absolute atomic E-state index is 0.0523. The molecule has 1 fully saturated rings. The molecule has 5 heterocycles. The number of benzene rings is 1. The van der Waals surface area contributed by atoms with Crippen LogP contribution in [0.3, 0.4) is 0 Å². The number of aromatic amines is 2. The largest absolute Gasteiger partial charge is 0.337 e. The number of hydrogen-bond donors (Lipinski definition) is 3. The van der Waals surface area contributed by atoms with E-state index in [0.29, 0.717) is 11.5 Å². The van der Waals surface area contributed by atoms with Gasteiger partial charge in [0.15, 0.2) is 5.82 Å². The molecule has 0 spiro atoms. The predicted octanol–water partition coefficient (Wildman–Crippen LogP) is 5.95. The Morgan fingerprint density at radius 3 is 2.83 bits per heavy atom. The van der Waals surface area contributed by atoms with Gasteiger partial charge in [-0.3, -0.25) is 19.9 Å². The van der Waals surface area contributed by atoms with Crippen molar-refractivity contribution in [2.45, 2.75) is 19.8 Å². The second-order valence-electron chi connectivity index (χ2n) is 9.11. The van der Waals surface area contributed by atoms with E-state index in [0.717, 1.165) is 57.3 Å². The van der Waals surface area contributed by atoms with Gasteiger partial charge in [0.25, 0.3) is 0 Å². The lowest BCUT2D eigenvalue weighted by Gasteiger charge is -2.06. The number of rotatable bonds is 5. The highest BCUT2D eigenvalue weighted by Crippen LogP contribution is 2.35. The molecule has 1 saturated carbocycles. The Bertz CT molecular complexity index is 1780. The highest BCUT2D eigenvalue weighted by Gasteiger charge is 2.29. The van der Waals surface area contributed by atoms with Gasteiger partial charge in [-0.25, -0.2) is 4.98 Å². The number of imidazole rings is 1. The lowest BCUT2D eigenvalue weighted by Crippen LogP contribution is -2.13. The molecule has 1 aromatic carbocycles. The fourth-order valence-corrected chi connectivity index (χ4v) is 5.31. The van der Waals surface area contributed by atoms with Crippen molar-refractivity contribution in [3.63, 3.8) is 0 Å². The molecule has 9 heteroatoms. The number of H-pyrrole nitrogens is 2. The fraction of sp³-hybridized carbons (Fsp3) is 0.148. The van der Waals surface area contributed by atoms with Crippen molar-refractivity contribution in [3.05, 3.63) is 65.9 Å². The van der Waals surface area contributed by atoms with Crippen LogP contribution >= 0.6 is 11.3 Å². The smallest absolute Gasteiger partial charge is 0.227 e. The van der Waals surface area contributed by atoms with E-state index in [-0.39, 0.29) is 11.8 Å².